The van der Waals surface area contributed by atoms with Crippen LogP contribution >= 0.6 is 0 Å². The predicted molar refractivity (Wildman–Crippen MR) is 55.8 cm³/mol. The van der Waals surface area contributed by atoms with Crippen LogP contribution in [-0.2, 0) is 11.2 Å². The van der Waals surface area contributed by atoms with E-state index in [9.17, 15) is 4.79 Å². The first-order chi connectivity index (χ1) is 7.83. The largest absolute Gasteiger partial charge is 0.343 e. The van der Waals surface area contributed by atoms with Crippen LogP contribution in [-0.4, -0.2) is 39.5 Å². The van der Waals surface area contributed by atoms with Crippen molar-refractivity contribution in [3.8, 4) is 0 Å². The summed E-state index contributed by atoms with van der Waals surface area (Å²) in [6.07, 6.45) is 6.00. The van der Waals surface area contributed by atoms with E-state index in [1.807, 2.05) is 0 Å². The fourth-order valence-electron chi connectivity index (χ4n) is 2.96. The molecule has 0 radical (unpaired) electrons. The lowest BCUT2D eigenvalue weighted by molar-refractivity contribution is -0.123. The van der Waals surface area contributed by atoms with Crippen LogP contribution in [0.15, 0.2) is 10.9 Å². The number of hydrogen-bond acceptors (Lipinski definition) is 5. The molecule has 5 nitrogen and oxygen atoms in total. The molecule has 0 saturated carbocycles. The monoisotopic (exact) mass is 221 g/mol. The number of piperidine rings is 1. The van der Waals surface area contributed by atoms with Crippen LogP contribution in [0.4, 0.5) is 0 Å². The van der Waals surface area contributed by atoms with Gasteiger partial charge in [-0.2, -0.15) is 4.98 Å². The molecule has 1 aromatic heterocycles. The second kappa shape index (κ2) is 3.97. The minimum Gasteiger partial charge on any atom is -0.343 e. The molecule has 2 saturated heterocycles. The van der Waals surface area contributed by atoms with Crippen molar-refractivity contribution in [3.63, 3.8) is 0 Å². The maximum atomic E-state index is 11.4. The summed E-state index contributed by atoms with van der Waals surface area (Å²) >= 11 is 0. The topological polar surface area (TPSA) is 59.2 Å². The fraction of sp³-hybridized carbons (Fsp3) is 0.727. The van der Waals surface area contributed by atoms with Gasteiger partial charge in [-0.3, -0.25) is 9.69 Å². The van der Waals surface area contributed by atoms with Crippen LogP contribution in [0.5, 0.6) is 0 Å². The first-order valence-electron chi connectivity index (χ1n) is 5.85. The van der Waals surface area contributed by atoms with Gasteiger partial charge in [0.15, 0.2) is 5.82 Å². The third-order valence-corrected chi connectivity index (χ3v) is 3.70. The number of nitrogens with zero attached hydrogens (tertiary/aromatic N) is 3. The summed E-state index contributed by atoms with van der Waals surface area (Å²) in [6.45, 7) is 0.947. The van der Waals surface area contributed by atoms with Crippen molar-refractivity contribution in [2.24, 2.45) is 0 Å². The van der Waals surface area contributed by atoms with Gasteiger partial charge in [-0.25, -0.2) is 0 Å². The van der Waals surface area contributed by atoms with Crippen molar-refractivity contribution in [2.45, 2.75) is 44.2 Å². The maximum absolute atomic E-state index is 11.4. The Bertz CT molecular complexity index is 361. The molecule has 86 valence electrons. The zero-order valence-electron chi connectivity index (χ0n) is 9.13. The van der Waals surface area contributed by atoms with Crippen LogP contribution in [0.3, 0.4) is 0 Å². The minimum absolute atomic E-state index is 0.434. The van der Waals surface area contributed by atoms with Crippen molar-refractivity contribution in [3.05, 3.63) is 12.2 Å². The SMILES string of the molecule is O=C1CC2CCC(C1)N2CCc1ncon1. The predicted octanol–water partition coefficient (Wildman–Crippen LogP) is 0.808. The fourth-order valence-corrected chi connectivity index (χ4v) is 2.96. The highest BCUT2D eigenvalue weighted by atomic mass is 16.5. The van der Waals surface area contributed by atoms with Crippen molar-refractivity contribution in [2.75, 3.05) is 6.54 Å². The van der Waals surface area contributed by atoms with Crippen LogP contribution in [0.2, 0.25) is 0 Å². The highest BCUT2D eigenvalue weighted by Crippen LogP contribution is 2.33. The van der Waals surface area contributed by atoms with Crippen LogP contribution in [0, 0.1) is 0 Å². The van der Waals surface area contributed by atoms with Crippen molar-refractivity contribution < 1.29 is 9.32 Å². The van der Waals surface area contributed by atoms with E-state index >= 15 is 0 Å². The first kappa shape index (κ1) is 9.96. The van der Waals surface area contributed by atoms with E-state index in [2.05, 4.69) is 15.0 Å². The number of carbonyl (C=O) groups excluding carboxylic acids is 1. The van der Waals surface area contributed by atoms with Crippen molar-refractivity contribution in [1.29, 1.82) is 0 Å². The van der Waals surface area contributed by atoms with Crippen molar-refractivity contribution in [1.82, 2.24) is 15.0 Å². The lowest BCUT2D eigenvalue weighted by atomic mass is 10.0. The molecule has 16 heavy (non-hydrogen) atoms. The lowest BCUT2D eigenvalue weighted by Gasteiger charge is -2.33. The Kier molecular flexibility index (Phi) is 2.47. The third kappa shape index (κ3) is 1.75. The molecule has 0 N–H and O–H groups in total. The normalized spacial score (nSPS) is 29.9. The Morgan fingerprint density at radius 1 is 1.38 bits per heavy atom. The Hall–Kier alpha value is -1.23. The number of aromatic nitrogens is 2. The quantitative estimate of drug-likeness (QED) is 0.755. The first-order valence-corrected chi connectivity index (χ1v) is 5.85. The summed E-state index contributed by atoms with van der Waals surface area (Å²) in [5, 5.41) is 3.81. The van der Waals surface area contributed by atoms with Crippen LogP contribution in [0.1, 0.15) is 31.5 Å². The minimum atomic E-state index is 0.434. The molecule has 2 aliphatic heterocycles. The Morgan fingerprint density at radius 2 is 2.12 bits per heavy atom. The summed E-state index contributed by atoms with van der Waals surface area (Å²) in [6, 6.07) is 0.941. The maximum Gasteiger partial charge on any atom is 0.213 e. The smallest absolute Gasteiger partial charge is 0.213 e. The summed E-state index contributed by atoms with van der Waals surface area (Å²) in [4.78, 5) is 17.9. The second-order valence-electron chi connectivity index (χ2n) is 4.67. The van der Waals surface area contributed by atoms with Gasteiger partial charge in [0.2, 0.25) is 6.39 Å². The summed E-state index contributed by atoms with van der Waals surface area (Å²) in [5.41, 5.74) is 0. The third-order valence-electron chi connectivity index (χ3n) is 3.70. The number of carbonyl (C=O) groups is 1. The molecular formula is C11H15N3O2. The summed E-state index contributed by atoms with van der Waals surface area (Å²) < 4.78 is 4.71. The molecule has 5 heteroatoms. The molecule has 3 heterocycles. The van der Waals surface area contributed by atoms with Gasteiger partial charge in [0.1, 0.15) is 5.78 Å². The van der Waals surface area contributed by atoms with Gasteiger partial charge in [0, 0.05) is 37.9 Å². The molecule has 0 aliphatic carbocycles. The number of ketones is 1. The van der Waals surface area contributed by atoms with E-state index < -0.39 is 0 Å². The molecular weight excluding hydrogens is 206 g/mol. The molecule has 2 fully saturated rings. The molecule has 2 bridgehead atoms. The zero-order chi connectivity index (χ0) is 11.0. The van der Waals surface area contributed by atoms with E-state index in [0.717, 1.165) is 31.6 Å². The number of Topliss-reactive ketones (excluding diaryl/α,β-unsaturated/α-hetero) is 1. The Balaban J connectivity index is 1.61. The zero-order valence-corrected chi connectivity index (χ0v) is 9.13. The van der Waals surface area contributed by atoms with E-state index in [1.54, 1.807) is 0 Å². The number of fused-ring (bicyclic) bond motifs is 2. The number of hydrogen-bond donors (Lipinski definition) is 0. The highest BCUT2D eigenvalue weighted by molar-refractivity contribution is 5.80. The van der Waals surface area contributed by atoms with Gasteiger partial charge in [-0.05, 0) is 12.8 Å². The van der Waals surface area contributed by atoms with E-state index in [1.165, 1.54) is 19.2 Å². The van der Waals surface area contributed by atoms with Gasteiger partial charge in [-0.15, -0.1) is 0 Å². The highest BCUT2D eigenvalue weighted by Gasteiger charge is 2.39. The summed E-state index contributed by atoms with van der Waals surface area (Å²) in [7, 11) is 0. The molecule has 0 amide bonds. The van der Waals surface area contributed by atoms with Gasteiger partial charge >= 0.3 is 0 Å². The van der Waals surface area contributed by atoms with E-state index in [0.29, 0.717) is 17.9 Å². The number of rotatable bonds is 3. The molecule has 2 atom stereocenters. The second-order valence-corrected chi connectivity index (χ2v) is 4.67. The molecule has 0 spiro atoms. The Labute approximate surface area is 93.8 Å². The molecule has 1 aromatic rings. The Morgan fingerprint density at radius 3 is 2.75 bits per heavy atom. The van der Waals surface area contributed by atoms with Gasteiger partial charge < -0.3 is 4.52 Å². The van der Waals surface area contributed by atoms with E-state index in [-0.39, 0.29) is 0 Å². The lowest BCUT2D eigenvalue weighted by Crippen LogP contribution is -2.44. The summed E-state index contributed by atoms with van der Waals surface area (Å²) in [5.74, 6) is 1.19. The molecule has 3 rings (SSSR count). The molecule has 2 aliphatic rings. The van der Waals surface area contributed by atoms with Gasteiger partial charge in [0.25, 0.3) is 0 Å². The molecule has 2 unspecified atom stereocenters. The molecule has 0 aromatic carbocycles. The van der Waals surface area contributed by atoms with Crippen molar-refractivity contribution >= 4 is 5.78 Å². The average Bonchev–Trinajstić information content (AvgIpc) is 2.83. The average molecular weight is 221 g/mol. The van der Waals surface area contributed by atoms with Gasteiger partial charge in [0.05, 0.1) is 0 Å². The van der Waals surface area contributed by atoms with Gasteiger partial charge in [-0.1, -0.05) is 5.16 Å². The standard InChI is InChI=1S/C11H15N3O2/c15-10-5-8-1-2-9(6-10)14(8)4-3-11-12-7-16-13-11/h7-9H,1-6H2. The van der Waals surface area contributed by atoms with Crippen LogP contribution in [0.25, 0.3) is 0 Å². The van der Waals surface area contributed by atoms with E-state index in [4.69, 9.17) is 4.52 Å². The van der Waals surface area contributed by atoms with Crippen LogP contribution < -0.4 is 0 Å².